The van der Waals surface area contributed by atoms with Crippen molar-refractivity contribution >= 4 is 23.1 Å². The predicted octanol–water partition coefficient (Wildman–Crippen LogP) is 2.95. The summed E-state index contributed by atoms with van der Waals surface area (Å²) in [6.07, 6.45) is 7.20. The third-order valence-corrected chi connectivity index (χ3v) is 5.53. The molecule has 0 aliphatic heterocycles. The van der Waals surface area contributed by atoms with E-state index in [2.05, 4.69) is 44.4 Å². The minimum absolute atomic E-state index is 0.0713. The Labute approximate surface area is 187 Å². The van der Waals surface area contributed by atoms with Crippen LogP contribution >= 0.6 is 0 Å². The number of hydrogen-bond donors (Lipinski definition) is 2. The SMILES string of the molecule is CCN(CC)CCNC(=O)c1ccc(Nc2ncc(-c3ccnn3C)n3ccnc23)cc1. The first-order valence-electron chi connectivity index (χ1n) is 10.8. The monoisotopic (exact) mass is 432 g/mol. The fourth-order valence-electron chi connectivity index (χ4n) is 3.63. The Morgan fingerprint density at radius 1 is 1.03 bits per heavy atom. The van der Waals surface area contributed by atoms with E-state index in [-0.39, 0.29) is 5.91 Å². The van der Waals surface area contributed by atoms with E-state index in [9.17, 15) is 4.79 Å². The van der Waals surface area contributed by atoms with Crippen molar-refractivity contribution < 1.29 is 4.79 Å². The van der Waals surface area contributed by atoms with Crippen molar-refractivity contribution in [1.82, 2.24) is 34.4 Å². The number of imidazole rings is 1. The zero-order valence-electron chi connectivity index (χ0n) is 18.6. The van der Waals surface area contributed by atoms with E-state index in [1.165, 1.54) is 0 Å². The summed E-state index contributed by atoms with van der Waals surface area (Å²) in [6.45, 7) is 7.68. The Bertz CT molecular complexity index is 1190. The molecule has 0 atom stereocenters. The van der Waals surface area contributed by atoms with Crippen LogP contribution in [-0.4, -0.2) is 61.1 Å². The lowest BCUT2D eigenvalue weighted by Crippen LogP contribution is -2.34. The van der Waals surface area contributed by atoms with Gasteiger partial charge in [0.15, 0.2) is 11.5 Å². The number of aromatic nitrogens is 5. The Balaban J connectivity index is 1.45. The fraction of sp³-hybridized carbons (Fsp3) is 0.304. The second-order valence-electron chi connectivity index (χ2n) is 7.44. The number of likely N-dealkylation sites (N-methyl/N-ethyl adjacent to an activating group) is 1. The number of rotatable bonds is 9. The molecule has 4 aromatic rings. The minimum Gasteiger partial charge on any atom is -0.351 e. The van der Waals surface area contributed by atoms with Crippen molar-refractivity contribution in [2.45, 2.75) is 13.8 Å². The van der Waals surface area contributed by atoms with Crippen LogP contribution in [0.2, 0.25) is 0 Å². The summed E-state index contributed by atoms with van der Waals surface area (Å²) in [5.74, 6) is 0.565. The van der Waals surface area contributed by atoms with Crippen LogP contribution in [0.15, 0.2) is 55.1 Å². The fourth-order valence-corrected chi connectivity index (χ4v) is 3.63. The van der Waals surface area contributed by atoms with Gasteiger partial charge < -0.3 is 15.5 Å². The molecule has 2 N–H and O–H groups in total. The van der Waals surface area contributed by atoms with E-state index in [0.717, 1.165) is 36.7 Å². The van der Waals surface area contributed by atoms with Crippen molar-refractivity contribution in [3.63, 3.8) is 0 Å². The zero-order chi connectivity index (χ0) is 22.5. The Morgan fingerprint density at radius 3 is 2.50 bits per heavy atom. The highest BCUT2D eigenvalue weighted by Gasteiger charge is 2.13. The average molecular weight is 433 g/mol. The lowest BCUT2D eigenvalue weighted by atomic mass is 10.2. The maximum absolute atomic E-state index is 12.4. The number of nitrogens with zero attached hydrogens (tertiary/aromatic N) is 6. The molecule has 9 nitrogen and oxygen atoms in total. The molecule has 0 aliphatic carbocycles. The van der Waals surface area contributed by atoms with Crippen molar-refractivity contribution in [2.24, 2.45) is 7.05 Å². The van der Waals surface area contributed by atoms with Crippen LogP contribution in [0, 0.1) is 0 Å². The van der Waals surface area contributed by atoms with Gasteiger partial charge in [0.1, 0.15) is 0 Å². The number of hydrogen-bond acceptors (Lipinski definition) is 6. The third-order valence-electron chi connectivity index (χ3n) is 5.53. The first-order chi connectivity index (χ1) is 15.6. The number of nitrogens with one attached hydrogen (secondary N) is 2. The summed E-state index contributed by atoms with van der Waals surface area (Å²) in [6, 6.07) is 9.30. The van der Waals surface area contributed by atoms with Crippen LogP contribution in [-0.2, 0) is 7.05 Å². The predicted molar refractivity (Wildman–Crippen MR) is 125 cm³/mol. The molecule has 0 saturated heterocycles. The van der Waals surface area contributed by atoms with E-state index in [4.69, 9.17) is 0 Å². The van der Waals surface area contributed by atoms with Crippen LogP contribution in [0.5, 0.6) is 0 Å². The second-order valence-corrected chi connectivity index (χ2v) is 7.44. The van der Waals surface area contributed by atoms with E-state index < -0.39 is 0 Å². The van der Waals surface area contributed by atoms with E-state index in [0.29, 0.717) is 23.6 Å². The normalized spacial score (nSPS) is 11.2. The molecular formula is C23H28N8O. The van der Waals surface area contributed by atoms with E-state index in [1.807, 2.05) is 48.0 Å². The molecule has 9 heteroatoms. The molecule has 0 saturated carbocycles. The molecule has 0 fully saturated rings. The quantitative estimate of drug-likeness (QED) is 0.423. The number of anilines is 2. The molecule has 4 rings (SSSR count). The number of carbonyl (C=O) groups is 1. The van der Waals surface area contributed by atoms with Gasteiger partial charge in [-0.3, -0.25) is 13.9 Å². The highest BCUT2D eigenvalue weighted by molar-refractivity contribution is 5.94. The summed E-state index contributed by atoms with van der Waals surface area (Å²) in [7, 11) is 1.89. The van der Waals surface area contributed by atoms with Crippen LogP contribution in [0.25, 0.3) is 17.0 Å². The average Bonchev–Trinajstić information content (AvgIpc) is 3.47. The van der Waals surface area contributed by atoms with Gasteiger partial charge >= 0.3 is 0 Å². The molecule has 0 unspecified atom stereocenters. The first kappa shape index (κ1) is 21.5. The van der Waals surface area contributed by atoms with Gasteiger partial charge in [0.2, 0.25) is 0 Å². The molecule has 0 spiro atoms. The number of aryl methyl sites for hydroxylation is 1. The van der Waals surface area contributed by atoms with Crippen LogP contribution < -0.4 is 10.6 Å². The van der Waals surface area contributed by atoms with E-state index in [1.54, 1.807) is 23.3 Å². The Hall–Kier alpha value is -3.72. The van der Waals surface area contributed by atoms with Crippen molar-refractivity contribution in [2.75, 3.05) is 31.5 Å². The first-order valence-corrected chi connectivity index (χ1v) is 10.8. The summed E-state index contributed by atoms with van der Waals surface area (Å²) in [5.41, 5.74) is 4.01. The summed E-state index contributed by atoms with van der Waals surface area (Å²) in [5, 5.41) is 10.5. The highest BCUT2D eigenvalue weighted by atomic mass is 16.1. The molecular weight excluding hydrogens is 404 g/mol. The number of benzene rings is 1. The molecule has 0 radical (unpaired) electrons. The molecule has 1 amide bonds. The topological polar surface area (TPSA) is 92.4 Å². The maximum atomic E-state index is 12.4. The van der Waals surface area contributed by atoms with Crippen molar-refractivity contribution in [1.29, 1.82) is 0 Å². The van der Waals surface area contributed by atoms with Gasteiger partial charge in [0, 0.05) is 50.0 Å². The summed E-state index contributed by atoms with van der Waals surface area (Å²) >= 11 is 0. The van der Waals surface area contributed by atoms with Gasteiger partial charge in [-0.15, -0.1) is 0 Å². The maximum Gasteiger partial charge on any atom is 0.251 e. The largest absolute Gasteiger partial charge is 0.351 e. The van der Waals surface area contributed by atoms with Crippen LogP contribution in [0.1, 0.15) is 24.2 Å². The number of carbonyl (C=O) groups excluding carboxylic acids is 1. The van der Waals surface area contributed by atoms with Gasteiger partial charge in [-0.25, -0.2) is 9.97 Å². The molecule has 1 aromatic carbocycles. The van der Waals surface area contributed by atoms with Crippen LogP contribution in [0.3, 0.4) is 0 Å². The van der Waals surface area contributed by atoms with Crippen molar-refractivity contribution in [3.05, 3.63) is 60.7 Å². The third kappa shape index (κ3) is 4.47. The molecule has 166 valence electrons. The smallest absolute Gasteiger partial charge is 0.251 e. The summed E-state index contributed by atoms with van der Waals surface area (Å²) < 4.78 is 3.78. The number of fused-ring (bicyclic) bond motifs is 1. The molecule has 0 bridgehead atoms. The van der Waals surface area contributed by atoms with Gasteiger partial charge in [0.25, 0.3) is 5.91 Å². The lowest BCUT2D eigenvalue weighted by molar-refractivity contribution is 0.0949. The van der Waals surface area contributed by atoms with Gasteiger partial charge in [-0.2, -0.15) is 5.10 Å². The standard InChI is InChI=1S/C23H28N8O/c1-4-30(5-2)14-12-25-23(32)17-6-8-18(9-7-17)28-21-22-24-13-15-31(22)20(16-26-21)19-10-11-27-29(19)3/h6-11,13,15-16H,4-5,12,14H2,1-3H3,(H,25,32)(H,26,28). The van der Waals surface area contributed by atoms with Crippen LogP contribution in [0.4, 0.5) is 11.5 Å². The van der Waals surface area contributed by atoms with Gasteiger partial charge in [-0.1, -0.05) is 13.8 Å². The number of amides is 1. The Kier molecular flexibility index (Phi) is 6.46. The van der Waals surface area contributed by atoms with E-state index >= 15 is 0 Å². The molecule has 3 heterocycles. The molecule has 32 heavy (non-hydrogen) atoms. The Morgan fingerprint density at radius 2 is 1.81 bits per heavy atom. The van der Waals surface area contributed by atoms with Crippen molar-refractivity contribution in [3.8, 4) is 11.4 Å². The summed E-state index contributed by atoms with van der Waals surface area (Å²) in [4.78, 5) is 23.7. The second kappa shape index (κ2) is 9.61. The molecule has 0 aliphatic rings. The van der Waals surface area contributed by atoms with Gasteiger partial charge in [-0.05, 0) is 43.4 Å². The highest BCUT2D eigenvalue weighted by Crippen LogP contribution is 2.25. The molecule has 3 aromatic heterocycles. The lowest BCUT2D eigenvalue weighted by Gasteiger charge is -2.18. The van der Waals surface area contributed by atoms with Gasteiger partial charge in [0.05, 0.1) is 17.6 Å². The minimum atomic E-state index is -0.0713. The zero-order valence-corrected chi connectivity index (χ0v) is 18.6.